The quantitative estimate of drug-likeness (QED) is 0.0261. The maximum Gasteiger partial charge on any atom is 0.306 e. The van der Waals surface area contributed by atoms with E-state index < -0.39 is 6.10 Å². The molecule has 0 rings (SSSR count). The summed E-state index contributed by atoms with van der Waals surface area (Å²) >= 11 is 0. The Labute approximate surface area is 481 Å². The molecule has 0 radical (unpaired) electrons. The Hall–Kier alpha value is -4.45. The molecule has 0 aromatic rings. The van der Waals surface area contributed by atoms with Crippen LogP contribution in [0.25, 0.3) is 0 Å². The molecule has 0 saturated heterocycles. The van der Waals surface area contributed by atoms with Crippen LogP contribution in [0.4, 0.5) is 0 Å². The normalized spacial score (nSPS) is 13.0. The molecule has 6 nitrogen and oxygen atoms in total. The molecular formula is C72H118O6. The molecular weight excluding hydrogens is 961 g/mol. The summed E-state index contributed by atoms with van der Waals surface area (Å²) in [5.41, 5.74) is 0. The van der Waals surface area contributed by atoms with Crippen LogP contribution in [-0.2, 0) is 28.6 Å². The maximum atomic E-state index is 12.9. The van der Waals surface area contributed by atoms with Crippen molar-refractivity contribution in [3.05, 3.63) is 134 Å². The first-order valence-corrected chi connectivity index (χ1v) is 32.2. The maximum absolute atomic E-state index is 12.9. The first kappa shape index (κ1) is 73.5. The van der Waals surface area contributed by atoms with Gasteiger partial charge in [0.05, 0.1) is 0 Å². The second-order valence-corrected chi connectivity index (χ2v) is 20.9. The van der Waals surface area contributed by atoms with Crippen LogP contribution in [0, 0.1) is 0 Å². The van der Waals surface area contributed by atoms with E-state index in [9.17, 15) is 14.4 Å². The van der Waals surface area contributed by atoms with Gasteiger partial charge in [0.15, 0.2) is 6.10 Å². The molecule has 6 heteroatoms. The lowest BCUT2D eigenvalue weighted by Gasteiger charge is -2.18. The van der Waals surface area contributed by atoms with Gasteiger partial charge in [0.2, 0.25) is 0 Å². The van der Waals surface area contributed by atoms with Crippen LogP contribution >= 0.6 is 0 Å². The van der Waals surface area contributed by atoms with Crippen LogP contribution < -0.4 is 0 Å². The van der Waals surface area contributed by atoms with Gasteiger partial charge in [-0.2, -0.15) is 0 Å². The number of carbonyl (C=O) groups is 3. The van der Waals surface area contributed by atoms with Gasteiger partial charge in [-0.25, -0.2) is 0 Å². The molecule has 1 unspecified atom stereocenters. The zero-order chi connectivity index (χ0) is 56.4. The van der Waals surface area contributed by atoms with Crippen LogP contribution in [0.5, 0.6) is 0 Å². The van der Waals surface area contributed by atoms with E-state index in [1.54, 1.807) is 0 Å². The van der Waals surface area contributed by atoms with Crippen LogP contribution in [0.1, 0.15) is 284 Å². The van der Waals surface area contributed by atoms with Crippen molar-refractivity contribution >= 4 is 17.9 Å². The van der Waals surface area contributed by atoms with Gasteiger partial charge in [0.25, 0.3) is 0 Å². The van der Waals surface area contributed by atoms with Crippen molar-refractivity contribution in [3.63, 3.8) is 0 Å². The lowest BCUT2D eigenvalue weighted by atomic mass is 10.0. The molecule has 0 aromatic carbocycles. The van der Waals surface area contributed by atoms with Gasteiger partial charge in [-0.05, 0) is 135 Å². The molecule has 78 heavy (non-hydrogen) atoms. The van der Waals surface area contributed by atoms with Crippen molar-refractivity contribution in [2.24, 2.45) is 0 Å². The molecule has 442 valence electrons. The predicted octanol–water partition coefficient (Wildman–Crippen LogP) is 22.2. The van der Waals surface area contributed by atoms with Crippen molar-refractivity contribution in [3.8, 4) is 0 Å². The van der Waals surface area contributed by atoms with Crippen LogP contribution in [0.3, 0.4) is 0 Å². The molecule has 0 fully saturated rings. The van der Waals surface area contributed by atoms with Gasteiger partial charge in [0.1, 0.15) is 13.2 Å². The Balaban J connectivity index is 4.24. The highest BCUT2D eigenvalue weighted by atomic mass is 16.6. The van der Waals surface area contributed by atoms with Gasteiger partial charge in [0, 0.05) is 19.3 Å². The SMILES string of the molecule is CC/C=C\C/C=C\C/C=C\C/C=C\C/C=C\C/C=C\C/C=C\CCCCCCCCCCCCCC(=O)OCC(COC(=O)CCCCC/C=C\C/C=C\C/C=C\CC)OC(=O)CCCCCCC/C=C\CCCCCCC. The van der Waals surface area contributed by atoms with E-state index in [2.05, 4.69) is 154 Å². The lowest BCUT2D eigenvalue weighted by molar-refractivity contribution is -0.167. The van der Waals surface area contributed by atoms with Gasteiger partial charge in [-0.1, -0.05) is 264 Å². The lowest BCUT2D eigenvalue weighted by Crippen LogP contribution is -2.30. The number of hydrogen-bond acceptors (Lipinski definition) is 6. The second-order valence-electron chi connectivity index (χ2n) is 20.9. The number of esters is 3. The zero-order valence-electron chi connectivity index (χ0n) is 50.6. The van der Waals surface area contributed by atoms with E-state index in [1.807, 2.05) is 0 Å². The summed E-state index contributed by atoms with van der Waals surface area (Å²) in [7, 11) is 0. The average molecular weight is 1080 g/mol. The minimum absolute atomic E-state index is 0.0944. The topological polar surface area (TPSA) is 78.9 Å². The number of hydrogen-bond donors (Lipinski definition) is 0. The van der Waals surface area contributed by atoms with Crippen LogP contribution in [0.15, 0.2) is 134 Å². The summed E-state index contributed by atoms with van der Waals surface area (Å²) in [6, 6.07) is 0. The van der Waals surface area contributed by atoms with Crippen molar-refractivity contribution in [1.29, 1.82) is 0 Å². The Morgan fingerprint density at radius 2 is 0.500 bits per heavy atom. The zero-order valence-corrected chi connectivity index (χ0v) is 50.6. The largest absolute Gasteiger partial charge is 0.462 e. The Bertz CT molecular complexity index is 1670. The van der Waals surface area contributed by atoms with Gasteiger partial charge in [-0.3, -0.25) is 14.4 Å². The smallest absolute Gasteiger partial charge is 0.306 e. The third kappa shape index (κ3) is 62.4. The summed E-state index contributed by atoms with van der Waals surface area (Å²) < 4.78 is 16.9. The fourth-order valence-electron chi connectivity index (χ4n) is 8.61. The Morgan fingerprint density at radius 3 is 0.808 bits per heavy atom. The predicted molar refractivity (Wildman–Crippen MR) is 339 cm³/mol. The fourth-order valence-corrected chi connectivity index (χ4v) is 8.61. The molecule has 0 aliphatic carbocycles. The highest BCUT2D eigenvalue weighted by molar-refractivity contribution is 5.71. The second kappa shape index (κ2) is 65.1. The number of allylic oxidation sites excluding steroid dienone is 22. The first-order valence-electron chi connectivity index (χ1n) is 32.2. The average Bonchev–Trinajstić information content (AvgIpc) is 3.44. The van der Waals surface area contributed by atoms with Crippen molar-refractivity contribution < 1.29 is 28.6 Å². The van der Waals surface area contributed by atoms with E-state index in [1.165, 1.54) is 103 Å². The summed E-state index contributed by atoms with van der Waals surface area (Å²) in [6.07, 6.45) is 91.8. The standard InChI is InChI=1S/C72H118O6/c1-4-7-10-13-16-19-22-25-27-28-29-30-31-32-33-34-35-36-37-38-39-40-41-42-43-44-45-48-50-53-56-59-62-65-71(74)77-68-69(67-76-70(73)64-61-58-55-52-49-46-24-21-18-15-12-9-6-3)78-72(75)66-63-60-57-54-51-47-26-23-20-17-14-11-8-5-2/h7,9-10,12,16,18-19,21,23,25-27,29-30,32-33,35-36,38-39,46,49,69H,4-6,8,11,13-15,17,20,22,24,28,31,34,37,40-45,47-48,50-68H2,1-3H3/b10-7-,12-9-,19-16-,21-18-,26-23-,27-25-,30-29-,33-32-,36-35-,39-38-,49-46-. The monoisotopic (exact) mass is 1080 g/mol. The molecule has 0 aromatic heterocycles. The molecule has 0 aliphatic heterocycles. The third-order valence-electron chi connectivity index (χ3n) is 13.4. The van der Waals surface area contributed by atoms with E-state index >= 15 is 0 Å². The molecule has 0 heterocycles. The molecule has 0 aliphatic rings. The molecule has 0 saturated carbocycles. The fraction of sp³-hybridized carbons (Fsp3) is 0.653. The minimum Gasteiger partial charge on any atom is -0.462 e. The minimum atomic E-state index is -0.799. The molecule has 0 amide bonds. The molecule has 1 atom stereocenters. The first-order chi connectivity index (χ1) is 38.5. The van der Waals surface area contributed by atoms with E-state index in [-0.39, 0.29) is 31.1 Å². The van der Waals surface area contributed by atoms with Crippen LogP contribution in [0.2, 0.25) is 0 Å². The number of unbranched alkanes of at least 4 members (excludes halogenated alkanes) is 24. The number of ether oxygens (including phenoxy) is 3. The highest BCUT2D eigenvalue weighted by Gasteiger charge is 2.19. The highest BCUT2D eigenvalue weighted by Crippen LogP contribution is 2.15. The number of carbonyl (C=O) groups excluding carboxylic acids is 3. The van der Waals surface area contributed by atoms with Gasteiger partial charge >= 0.3 is 17.9 Å². The van der Waals surface area contributed by atoms with Crippen molar-refractivity contribution in [2.75, 3.05) is 13.2 Å². The van der Waals surface area contributed by atoms with E-state index in [0.29, 0.717) is 19.3 Å². The van der Waals surface area contributed by atoms with Gasteiger partial charge < -0.3 is 14.2 Å². The molecule has 0 bridgehead atoms. The molecule has 0 N–H and O–H groups in total. The summed E-state index contributed by atoms with van der Waals surface area (Å²) in [6.45, 7) is 6.37. The van der Waals surface area contributed by atoms with Crippen molar-refractivity contribution in [2.45, 2.75) is 290 Å². The third-order valence-corrected chi connectivity index (χ3v) is 13.4. The summed E-state index contributed by atoms with van der Waals surface area (Å²) in [4.78, 5) is 38.2. The van der Waals surface area contributed by atoms with Crippen LogP contribution in [-0.4, -0.2) is 37.2 Å². The summed E-state index contributed by atoms with van der Waals surface area (Å²) in [5, 5.41) is 0. The Kier molecular flexibility index (Phi) is 61.4. The van der Waals surface area contributed by atoms with E-state index in [4.69, 9.17) is 14.2 Å². The van der Waals surface area contributed by atoms with E-state index in [0.717, 1.165) is 141 Å². The number of rotatable bonds is 57. The van der Waals surface area contributed by atoms with Crippen molar-refractivity contribution in [1.82, 2.24) is 0 Å². The molecule has 0 spiro atoms. The van der Waals surface area contributed by atoms with Gasteiger partial charge in [-0.15, -0.1) is 0 Å². The summed E-state index contributed by atoms with van der Waals surface area (Å²) in [5.74, 6) is -0.935. The Morgan fingerprint density at radius 1 is 0.269 bits per heavy atom.